The predicted octanol–water partition coefficient (Wildman–Crippen LogP) is 14.1. The monoisotopic (exact) mass is 680 g/mol. The number of anilines is 6. The molecular weight excluding hydrogens is 641 g/mol. The second kappa shape index (κ2) is 13.8. The van der Waals surface area contributed by atoms with E-state index in [0.29, 0.717) is 0 Å². The van der Waals surface area contributed by atoms with E-state index in [2.05, 4.69) is 218 Å². The zero-order chi connectivity index (χ0) is 35.7. The van der Waals surface area contributed by atoms with Crippen molar-refractivity contribution in [3.8, 4) is 33.4 Å². The van der Waals surface area contributed by atoms with Crippen LogP contribution in [0, 0.1) is 13.8 Å². The van der Waals surface area contributed by atoms with Gasteiger partial charge in [-0.15, -0.1) is 0 Å². The molecule has 9 rings (SSSR count). The van der Waals surface area contributed by atoms with Gasteiger partial charge in [0.05, 0.1) is 0 Å². The Kier molecular flexibility index (Phi) is 8.42. The molecule has 0 radical (unpaired) electrons. The Morgan fingerprint density at radius 3 is 1.06 bits per heavy atom. The van der Waals surface area contributed by atoms with Gasteiger partial charge in [0.2, 0.25) is 0 Å². The number of hydrogen-bond donors (Lipinski definition) is 0. The highest BCUT2D eigenvalue weighted by atomic mass is 15.1. The van der Waals surface area contributed by atoms with Crippen LogP contribution in [0.3, 0.4) is 0 Å². The summed E-state index contributed by atoms with van der Waals surface area (Å²) >= 11 is 0. The first-order valence-electron chi connectivity index (χ1n) is 18.4. The van der Waals surface area contributed by atoms with Crippen molar-refractivity contribution in [3.63, 3.8) is 0 Å². The SMILES string of the molecule is Cc1cccc(N(c2ccccc2)c2ccc(-c3ccc4c(c3)-c3cc(-c5ccc(N(c6ccccc6)c6cccc(C)c6)cc5)ccc3C4)cc2)c1. The lowest BCUT2D eigenvalue weighted by atomic mass is 9.96. The molecule has 1 aliphatic carbocycles. The predicted molar refractivity (Wildman–Crippen MR) is 224 cm³/mol. The second-order valence-corrected chi connectivity index (χ2v) is 14.0. The van der Waals surface area contributed by atoms with Crippen molar-refractivity contribution in [3.05, 3.63) is 216 Å². The maximum absolute atomic E-state index is 2.39. The molecule has 8 aromatic carbocycles. The van der Waals surface area contributed by atoms with Crippen molar-refractivity contribution in [2.24, 2.45) is 0 Å². The lowest BCUT2D eigenvalue weighted by molar-refractivity contribution is 1.26. The van der Waals surface area contributed by atoms with E-state index < -0.39 is 0 Å². The number of benzene rings is 8. The van der Waals surface area contributed by atoms with Crippen LogP contribution in [0.2, 0.25) is 0 Å². The maximum atomic E-state index is 2.39. The molecule has 0 aliphatic heterocycles. The number of fused-ring (bicyclic) bond motifs is 3. The zero-order valence-corrected chi connectivity index (χ0v) is 30.1. The van der Waals surface area contributed by atoms with E-state index in [1.807, 2.05) is 0 Å². The van der Waals surface area contributed by atoms with Gasteiger partial charge in [-0.1, -0.05) is 109 Å². The van der Waals surface area contributed by atoms with Crippen LogP contribution in [0.1, 0.15) is 22.3 Å². The summed E-state index contributed by atoms with van der Waals surface area (Å²) in [6, 6.07) is 70.6. The fourth-order valence-electron chi connectivity index (χ4n) is 7.72. The quantitative estimate of drug-likeness (QED) is 0.158. The van der Waals surface area contributed by atoms with Gasteiger partial charge in [-0.25, -0.2) is 0 Å². The third kappa shape index (κ3) is 6.41. The second-order valence-electron chi connectivity index (χ2n) is 14.0. The summed E-state index contributed by atoms with van der Waals surface area (Å²) < 4.78 is 0. The van der Waals surface area contributed by atoms with Gasteiger partial charge in [0, 0.05) is 34.1 Å². The molecule has 1 aliphatic rings. The Morgan fingerprint density at radius 2 is 0.660 bits per heavy atom. The summed E-state index contributed by atoms with van der Waals surface area (Å²) in [5, 5.41) is 0. The smallest absolute Gasteiger partial charge is 0.0464 e. The highest BCUT2D eigenvalue weighted by molar-refractivity contribution is 5.86. The third-order valence-corrected chi connectivity index (χ3v) is 10.4. The van der Waals surface area contributed by atoms with E-state index in [1.165, 1.54) is 55.6 Å². The molecule has 2 nitrogen and oxygen atoms in total. The summed E-state index contributed by atoms with van der Waals surface area (Å²) in [7, 11) is 0. The van der Waals surface area contributed by atoms with Crippen molar-refractivity contribution in [1.29, 1.82) is 0 Å². The number of hydrogen-bond acceptors (Lipinski definition) is 2. The Hall–Kier alpha value is -6.64. The first kappa shape index (κ1) is 32.3. The molecule has 0 aromatic heterocycles. The molecule has 53 heavy (non-hydrogen) atoms. The zero-order valence-electron chi connectivity index (χ0n) is 30.1. The summed E-state index contributed by atoms with van der Waals surface area (Å²) in [4.78, 5) is 4.65. The van der Waals surface area contributed by atoms with E-state index >= 15 is 0 Å². The fraction of sp³-hybridized carbons (Fsp3) is 0.0588. The van der Waals surface area contributed by atoms with Crippen molar-refractivity contribution in [2.75, 3.05) is 9.80 Å². The van der Waals surface area contributed by atoms with E-state index in [0.717, 1.165) is 40.5 Å². The van der Waals surface area contributed by atoms with Gasteiger partial charge in [-0.2, -0.15) is 0 Å². The molecular formula is C51H40N2. The molecule has 8 aromatic rings. The molecule has 0 saturated carbocycles. The number of nitrogens with zero attached hydrogens (tertiary/aromatic N) is 2. The third-order valence-electron chi connectivity index (χ3n) is 10.4. The average Bonchev–Trinajstić information content (AvgIpc) is 3.57. The van der Waals surface area contributed by atoms with Crippen molar-refractivity contribution in [1.82, 2.24) is 0 Å². The Morgan fingerprint density at radius 1 is 0.302 bits per heavy atom. The van der Waals surface area contributed by atoms with Gasteiger partial charge in [0.25, 0.3) is 0 Å². The Bertz CT molecular complexity index is 2360. The highest BCUT2D eigenvalue weighted by Gasteiger charge is 2.21. The van der Waals surface area contributed by atoms with Crippen LogP contribution in [-0.2, 0) is 6.42 Å². The van der Waals surface area contributed by atoms with Crippen LogP contribution in [0.15, 0.2) is 194 Å². The molecule has 0 amide bonds. The highest BCUT2D eigenvalue weighted by Crippen LogP contribution is 2.43. The molecule has 0 heterocycles. The van der Waals surface area contributed by atoms with Crippen molar-refractivity contribution >= 4 is 34.1 Å². The molecule has 0 N–H and O–H groups in total. The minimum atomic E-state index is 0.966. The van der Waals surface area contributed by atoms with Gasteiger partial charge >= 0.3 is 0 Å². The van der Waals surface area contributed by atoms with Crippen molar-refractivity contribution in [2.45, 2.75) is 20.3 Å². The molecule has 2 heteroatoms. The lowest BCUT2D eigenvalue weighted by Gasteiger charge is -2.26. The van der Waals surface area contributed by atoms with Crippen LogP contribution in [0.5, 0.6) is 0 Å². The number of rotatable bonds is 8. The van der Waals surface area contributed by atoms with Gasteiger partial charge in [-0.3, -0.25) is 0 Å². The van der Waals surface area contributed by atoms with Crippen LogP contribution >= 0.6 is 0 Å². The Balaban J connectivity index is 1.01. The van der Waals surface area contributed by atoms with Crippen LogP contribution in [-0.4, -0.2) is 0 Å². The van der Waals surface area contributed by atoms with Gasteiger partial charge in [0.1, 0.15) is 0 Å². The largest absolute Gasteiger partial charge is 0.310 e. The van der Waals surface area contributed by atoms with Crippen molar-refractivity contribution < 1.29 is 0 Å². The minimum Gasteiger partial charge on any atom is -0.310 e. The van der Waals surface area contributed by atoms with Crippen LogP contribution in [0.4, 0.5) is 34.1 Å². The minimum absolute atomic E-state index is 0.966. The summed E-state index contributed by atoms with van der Waals surface area (Å²) in [5.74, 6) is 0. The topological polar surface area (TPSA) is 6.48 Å². The van der Waals surface area contributed by atoms with E-state index in [-0.39, 0.29) is 0 Å². The lowest BCUT2D eigenvalue weighted by Crippen LogP contribution is -2.09. The standard InChI is InChI=1S/C51H40N2/c1-36-11-9-17-48(31-36)52(44-13-5-3-6-14-44)46-27-23-38(24-28-46)40-19-21-42-33-43-22-20-41(35-51(43)50(42)34-40)39-25-29-47(30-26-39)53(45-15-7-4-8-16-45)49-18-10-12-37(2)32-49/h3-32,34-35H,33H2,1-2H3. The first-order valence-corrected chi connectivity index (χ1v) is 18.4. The van der Waals surface area contributed by atoms with Gasteiger partial charge in [-0.05, 0) is 161 Å². The Labute approximate surface area is 312 Å². The van der Waals surface area contributed by atoms with Crippen LogP contribution in [0.25, 0.3) is 33.4 Å². The van der Waals surface area contributed by atoms with E-state index in [9.17, 15) is 0 Å². The van der Waals surface area contributed by atoms with E-state index in [1.54, 1.807) is 0 Å². The molecule has 0 unspecified atom stereocenters. The summed E-state index contributed by atoms with van der Waals surface area (Å²) in [5.41, 5.74) is 19.7. The molecule has 0 atom stereocenters. The molecule has 0 saturated heterocycles. The summed E-state index contributed by atoms with van der Waals surface area (Å²) in [6.45, 7) is 4.29. The number of para-hydroxylation sites is 2. The fourth-order valence-corrected chi connectivity index (χ4v) is 7.72. The van der Waals surface area contributed by atoms with Gasteiger partial charge in [0.15, 0.2) is 0 Å². The molecule has 0 fully saturated rings. The molecule has 0 bridgehead atoms. The van der Waals surface area contributed by atoms with Gasteiger partial charge < -0.3 is 9.80 Å². The number of aryl methyl sites for hydroxylation is 2. The molecule has 0 spiro atoms. The molecule has 254 valence electrons. The average molecular weight is 681 g/mol. The summed E-state index contributed by atoms with van der Waals surface area (Å²) in [6.07, 6.45) is 0.966. The van der Waals surface area contributed by atoms with Crippen LogP contribution < -0.4 is 9.80 Å². The maximum Gasteiger partial charge on any atom is 0.0464 e. The van der Waals surface area contributed by atoms with E-state index in [4.69, 9.17) is 0 Å². The first-order chi connectivity index (χ1) is 26.1. The normalized spacial score (nSPS) is 11.5.